The van der Waals surface area contributed by atoms with Crippen molar-refractivity contribution in [2.45, 2.75) is 44.7 Å². The van der Waals surface area contributed by atoms with Crippen LogP contribution in [0.4, 0.5) is 0 Å². The summed E-state index contributed by atoms with van der Waals surface area (Å²) in [4.78, 5) is 28.7. The van der Waals surface area contributed by atoms with E-state index in [0.717, 1.165) is 32.5 Å². The molecule has 0 unspecified atom stereocenters. The Hall–Kier alpha value is -1.69. The first-order chi connectivity index (χ1) is 10.6. The van der Waals surface area contributed by atoms with Gasteiger partial charge in [-0.05, 0) is 44.8 Å². The molecule has 2 aliphatic heterocycles. The number of rotatable bonds is 3. The summed E-state index contributed by atoms with van der Waals surface area (Å²) in [7, 11) is 1.58. The fraction of sp³-hybridized carbons (Fsp3) is 0.688. The number of likely N-dealkylation sites (tertiary alicyclic amines) is 2. The lowest BCUT2D eigenvalue weighted by Crippen LogP contribution is -2.48. The van der Waals surface area contributed by atoms with Crippen molar-refractivity contribution in [2.75, 3.05) is 19.6 Å². The molecule has 2 saturated heterocycles. The van der Waals surface area contributed by atoms with Gasteiger partial charge >= 0.3 is 0 Å². The first kappa shape index (κ1) is 15.2. The van der Waals surface area contributed by atoms with Gasteiger partial charge in [0.05, 0.1) is 0 Å². The Kier molecular flexibility index (Phi) is 4.29. The first-order valence-corrected chi connectivity index (χ1v) is 8.21. The number of carbonyl (C=O) groups excluding carboxylic acids is 1. The lowest BCUT2D eigenvalue weighted by molar-refractivity contribution is 0.0641. The summed E-state index contributed by atoms with van der Waals surface area (Å²) in [5.41, 5.74) is 0.178. The van der Waals surface area contributed by atoms with Gasteiger partial charge in [-0.3, -0.25) is 14.5 Å². The molecule has 1 aromatic heterocycles. The number of carbonyl (C=O) groups is 1. The predicted molar refractivity (Wildman–Crippen MR) is 83.8 cm³/mol. The third-order valence-corrected chi connectivity index (χ3v) is 5.00. The Morgan fingerprint density at radius 3 is 2.68 bits per heavy atom. The molecule has 3 heterocycles. The van der Waals surface area contributed by atoms with Gasteiger partial charge in [0.15, 0.2) is 0 Å². The smallest absolute Gasteiger partial charge is 0.274 e. The maximum Gasteiger partial charge on any atom is 0.274 e. The van der Waals surface area contributed by atoms with Crippen LogP contribution >= 0.6 is 0 Å². The highest BCUT2D eigenvalue weighted by atomic mass is 16.2. The van der Waals surface area contributed by atoms with E-state index in [1.54, 1.807) is 13.1 Å². The predicted octanol–water partition coefficient (Wildman–Crippen LogP) is 0.869. The number of hydrogen-bond acceptors (Lipinski definition) is 4. The summed E-state index contributed by atoms with van der Waals surface area (Å²) in [5, 5.41) is 4.12. The number of hydrogen-bond donors (Lipinski definition) is 0. The molecule has 2 atom stereocenters. The van der Waals surface area contributed by atoms with E-state index in [9.17, 15) is 9.59 Å². The van der Waals surface area contributed by atoms with Gasteiger partial charge in [0.1, 0.15) is 5.69 Å². The zero-order valence-corrected chi connectivity index (χ0v) is 13.4. The number of aryl methyl sites for hydroxylation is 1. The Labute approximate surface area is 130 Å². The fourth-order valence-electron chi connectivity index (χ4n) is 3.89. The topological polar surface area (TPSA) is 58.4 Å². The molecule has 0 radical (unpaired) electrons. The van der Waals surface area contributed by atoms with Crippen LogP contribution < -0.4 is 5.56 Å². The van der Waals surface area contributed by atoms with Crippen LogP contribution in [0.1, 0.15) is 43.1 Å². The molecule has 120 valence electrons. The van der Waals surface area contributed by atoms with Crippen molar-refractivity contribution in [2.24, 2.45) is 7.05 Å². The molecule has 22 heavy (non-hydrogen) atoms. The van der Waals surface area contributed by atoms with E-state index < -0.39 is 0 Å². The third kappa shape index (κ3) is 2.67. The van der Waals surface area contributed by atoms with Crippen molar-refractivity contribution in [1.29, 1.82) is 0 Å². The highest BCUT2D eigenvalue weighted by molar-refractivity contribution is 5.92. The molecule has 6 heteroatoms. The molecule has 0 bridgehead atoms. The molecule has 0 N–H and O–H groups in total. The Morgan fingerprint density at radius 1 is 1.23 bits per heavy atom. The number of nitrogens with zero attached hydrogens (tertiary/aromatic N) is 4. The first-order valence-electron chi connectivity index (χ1n) is 8.21. The fourth-order valence-corrected chi connectivity index (χ4v) is 3.89. The maximum atomic E-state index is 12.8. The second-order valence-electron chi connectivity index (χ2n) is 6.23. The van der Waals surface area contributed by atoms with E-state index in [1.807, 2.05) is 4.90 Å². The van der Waals surface area contributed by atoms with Crippen molar-refractivity contribution < 1.29 is 4.79 Å². The molecule has 0 spiro atoms. The van der Waals surface area contributed by atoms with E-state index in [0.29, 0.717) is 11.7 Å². The van der Waals surface area contributed by atoms with Crippen molar-refractivity contribution in [3.05, 3.63) is 28.2 Å². The van der Waals surface area contributed by atoms with E-state index in [4.69, 9.17) is 0 Å². The maximum absolute atomic E-state index is 12.8. The molecule has 1 amide bonds. The summed E-state index contributed by atoms with van der Waals surface area (Å²) >= 11 is 0. The van der Waals surface area contributed by atoms with Gasteiger partial charge < -0.3 is 4.90 Å². The summed E-state index contributed by atoms with van der Waals surface area (Å²) in [6.45, 7) is 5.16. The van der Waals surface area contributed by atoms with Crippen LogP contribution in [0.3, 0.4) is 0 Å². The third-order valence-electron chi connectivity index (χ3n) is 5.00. The molecule has 0 aliphatic carbocycles. The molecule has 3 rings (SSSR count). The summed E-state index contributed by atoms with van der Waals surface area (Å²) in [5.74, 6) is -0.0407. The van der Waals surface area contributed by atoms with Gasteiger partial charge in [0, 0.05) is 31.7 Å². The van der Waals surface area contributed by atoms with E-state index in [-0.39, 0.29) is 17.5 Å². The molecule has 2 aliphatic rings. The van der Waals surface area contributed by atoms with Crippen LogP contribution in [0.15, 0.2) is 16.9 Å². The number of aromatic nitrogens is 2. The molecule has 0 saturated carbocycles. The Morgan fingerprint density at radius 2 is 1.95 bits per heavy atom. The van der Waals surface area contributed by atoms with Gasteiger partial charge in [-0.15, -0.1) is 0 Å². The minimum absolute atomic E-state index is 0.0407. The van der Waals surface area contributed by atoms with E-state index in [2.05, 4.69) is 16.9 Å². The molecular weight excluding hydrogens is 280 g/mol. The largest absolute Gasteiger partial charge is 0.333 e. The minimum atomic E-state index is -0.192. The van der Waals surface area contributed by atoms with Crippen LogP contribution in [-0.4, -0.2) is 57.2 Å². The Bertz CT molecular complexity index is 612. The van der Waals surface area contributed by atoms with Crippen molar-refractivity contribution >= 4 is 5.91 Å². The Balaban J connectivity index is 1.81. The lowest BCUT2D eigenvalue weighted by Gasteiger charge is -2.34. The standard InChI is InChI=1S/C16H24N4O2/c1-3-19-10-4-6-13(19)14-7-5-11-20(14)16(22)12-8-9-15(21)18(2)17-12/h8-9,13-14H,3-7,10-11H2,1-2H3/t13-,14+/m1/s1. The van der Waals surface area contributed by atoms with Crippen LogP contribution in [0.25, 0.3) is 0 Å². The summed E-state index contributed by atoms with van der Waals surface area (Å²) in [6.07, 6.45) is 4.51. The summed E-state index contributed by atoms with van der Waals surface area (Å²) < 4.78 is 1.23. The van der Waals surface area contributed by atoms with Gasteiger partial charge in [-0.25, -0.2) is 4.68 Å². The van der Waals surface area contributed by atoms with Crippen LogP contribution in [0, 0.1) is 0 Å². The van der Waals surface area contributed by atoms with Crippen LogP contribution in [0.2, 0.25) is 0 Å². The van der Waals surface area contributed by atoms with Crippen LogP contribution in [-0.2, 0) is 7.05 Å². The quantitative estimate of drug-likeness (QED) is 0.831. The average Bonchev–Trinajstić information content (AvgIpc) is 3.16. The number of amides is 1. The van der Waals surface area contributed by atoms with E-state index in [1.165, 1.54) is 23.6 Å². The second-order valence-corrected chi connectivity index (χ2v) is 6.23. The molecule has 2 fully saturated rings. The van der Waals surface area contributed by atoms with Gasteiger partial charge in [0.25, 0.3) is 11.5 Å². The summed E-state index contributed by atoms with van der Waals surface area (Å²) in [6, 6.07) is 3.73. The van der Waals surface area contributed by atoms with Gasteiger partial charge in [-0.1, -0.05) is 6.92 Å². The molecular formula is C16H24N4O2. The zero-order chi connectivity index (χ0) is 15.7. The lowest BCUT2D eigenvalue weighted by atomic mass is 10.0. The van der Waals surface area contributed by atoms with Gasteiger partial charge in [0.2, 0.25) is 0 Å². The average molecular weight is 304 g/mol. The monoisotopic (exact) mass is 304 g/mol. The van der Waals surface area contributed by atoms with Crippen molar-refractivity contribution in [3.63, 3.8) is 0 Å². The molecule has 1 aromatic rings. The second kappa shape index (κ2) is 6.20. The SMILES string of the molecule is CCN1CCC[C@@H]1[C@@H]1CCCN1C(=O)c1ccc(=O)n(C)n1. The zero-order valence-electron chi connectivity index (χ0n) is 13.4. The minimum Gasteiger partial charge on any atom is -0.333 e. The van der Waals surface area contributed by atoms with Crippen molar-refractivity contribution in [1.82, 2.24) is 19.6 Å². The highest BCUT2D eigenvalue weighted by Gasteiger charge is 2.39. The van der Waals surface area contributed by atoms with E-state index >= 15 is 0 Å². The number of likely N-dealkylation sites (N-methyl/N-ethyl adjacent to an activating group) is 1. The highest BCUT2D eigenvalue weighted by Crippen LogP contribution is 2.30. The van der Waals surface area contributed by atoms with Crippen molar-refractivity contribution in [3.8, 4) is 0 Å². The molecule has 6 nitrogen and oxygen atoms in total. The molecule has 0 aromatic carbocycles. The normalized spacial score (nSPS) is 25.8. The van der Waals surface area contributed by atoms with Gasteiger partial charge in [-0.2, -0.15) is 5.10 Å². The van der Waals surface area contributed by atoms with Crippen LogP contribution in [0.5, 0.6) is 0 Å².